The van der Waals surface area contributed by atoms with Crippen molar-refractivity contribution in [3.05, 3.63) is 10.3 Å². The van der Waals surface area contributed by atoms with Crippen LogP contribution in [0.2, 0.25) is 0 Å². The van der Waals surface area contributed by atoms with Crippen LogP contribution in [-0.4, -0.2) is 50.5 Å². The van der Waals surface area contributed by atoms with Crippen LogP contribution in [0.25, 0.3) is 0 Å². The van der Waals surface area contributed by atoms with Crippen molar-refractivity contribution in [3.63, 3.8) is 0 Å². The molecule has 1 saturated heterocycles. The van der Waals surface area contributed by atoms with Crippen molar-refractivity contribution < 1.29 is 9.59 Å². The molecule has 2 aliphatic rings. The molecule has 1 saturated carbocycles. The Hall–Kier alpha value is -1.64. The lowest BCUT2D eigenvalue weighted by Crippen LogP contribution is -2.64. The summed E-state index contributed by atoms with van der Waals surface area (Å²) < 4.78 is 2.22. The number of nitrogens with one attached hydrogen (secondary N) is 2. The standard InChI is InChI=1S/C13H19BrN6O2/c1-19-10(12(14)17-18-19)6-15-13(22)20-7-11(21)16-8-4-2-3-5-9(8)20/h8-9H,2-7H2,1H3,(H,15,22)(H,16,21). The molecule has 2 N–H and O–H groups in total. The van der Waals surface area contributed by atoms with Gasteiger partial charge in [-0.05, 0) is 28.8 Å². The molecule has 1 aromatic heterocycles. The summed E-state index contributed by atoms with van der Waals surface area (Å²) in [5, 5.41) is 13.6. The summed E-state index contributed by atoms with van der Waals surface area (Å²) in [6, 6.07) is -0.0229. The quantitative estimate of drug-likeness (QED) is 0.794. The number of hydrogen-bond acceptors (Lipinski definition) is 4. The summed E-state index contributed by atoms with van der Waals surface area (Å²) in [5.74, 6) is -0.0818. The molecule has 0 radical (unpaired) electrons. The monoisotopic (exact) mass is 370 g/mol. The first-order valence-electron chi connectivity index (χ1n) is 7.44. The zero-order valence-electron chi connectivity index (χ0n) is 12.4. The molecule has 2 heterocycles. The van der Waals surface area contributed by atoms with Crippen molar-refractivity contribution in [2.45, 2.75) is 44.3 Å². The van der Waals surface area contributed by atoms with Gasteiger partial charge in [-0.3, -0.25) is 4.79 Å². The number of halogens is 1. The van der Waals surface area contributed by atoms with E-state index < -0.39 is 0 Å². The number of urea groups is 1. The molecule has 2 fully saturated rings. The second-order valence-electron chi connectivity index (χ2n) is 5.76. The topological polar surface area (TPSA) is 92.2 Å². The number of carbonyl (C=O) groups excluding carboxylic acids is 2. The van der Waals surface area contributed by atoms with Crippen LogP contribution in [0.15, 0.2) is 4.60 Å². The minimum atomic E-state index is -0.208. The van der Waals surface area contributed by atoms with E-state index in [1.807, 2.05) is 0 Å². The van der Waals surface area contributed by atoms with Gasteiger partial charge in [-0.15, -0.1) is 5.10 Å². The third kappa shape index (κ3) is 2.94. The maximum absolute atomic E-state index is 12.5. The SMILES string of the molecule is Cn1nnc(Br)c1CNC(=O)N1CC(=O)NC2CCCCC21. The van der Waals surface area contributed by atoms with Gasteiger partial charge in [0, 0.05) is 13.1 Å². The van der Waals surface area contributed by atoms with E-state index in [-0.39, 0.29) is 30.6 Å². The Balaban J connectivity index is 1.66. The second kappa shape index (κ2) is 6.23. The molecule has 22 heavy (non-hydrogen) atoms. The summed E-state index contributed by atoms with van der Waals surface area (Å²) in [5.41, 5.74) is 0.787. The van der Waals surface area contributed by atoms with Gasteiger partial charge in [-0.1, -0.05) is 18.1 Å². The number of nitrogens with zero attached hydrogens (tertiary/aromatic N) is 4. The number of fused-ring (bicyclic) bond motifs is 1. The fourth-order valence-electron chi connectivity index (χ4n) is 3.20. The zero-order chi connectivity index (χ0) is 15.7. The smallest absolute Gasteiger partial charge is 0.318 e. The maximum Gasteiger partial charge on any atom is 0.318 e. The second-order valence-corrected chi connectivity index (χ2v) is 6.51. The Labute approximate surface area is 136 Å². The van der Waals surface area contributed by atoms with E-state index in [1.165, 1.54) is 0 Å². The first kappa shape index (κ1) is 15.3. The molecule has 0 aromatic carbocycles. The number of carbonyl (C=O) groups is 2. The lowest BCUT2D eigenvalue weighted by Gasteiger charge is -2.43. The van der Waals surface area contributed by atoms with Gasteiger partial charge in [0.15, 0.2) is 4.60 Å². The molecule has 9 heteroatoms. The number of rotatable bonds is 2. The van der Waals surface area contributed by atoms with Gasteiger partial charge in [-0.25, -0.2) is 9.48 Å². The van der Waals surface area contributed by atoms with Crippen LogP contribution < -0.4 is 10.6 Å². The summed E-state index contributed by atoms with van der Waals surface area (Å²) in [4.78, 5) is 26.0. The van der Waals surface area contributed by atoms with Gasteiger partial charge in [0.25, 0.3) is 0 Å². The molecule has 2 unspecified atom stereocenters. The number of piperazine rings is 1. The van der Waals surface area contributed by atoms with Gasteiger partial charge in [0.1, 0.15) is 6.54 Å². The van der Waals surface area contributed by atoms with Crippen molar-refractivity contribution in [1.29, 1.82) is 0 Å². The Bertz CT molecular complexity index is 570. The van der Waals surface area contributed by atoms with E-state index in [9.17, 15) is 9.59 Å². The van der Waals surface area contributed by atoms with Crippen molar-refractivity contribution in [3.8, 4) is 0 Å². The molecule has 0 spiro atoms. The van der Waals surface area contributed by atoms with Gasteiger partial charge in [0.2, 0.25) is 5.91 Å². The molecule has 8 nitrogen and oxygen atoms in total. The molecule has 120 valence electrons. The van der Waals surface area contributed by atoms with Crippen LogP contribution in [0.4, 0.5) is 4.79 Å². The summed E-state index contributed by atoms with van der Waals surface area (Å²) in [6.45, 7) is 0.441. The number of hydrogen-bond donors (Lipinski definition) is 2. The average Bonchev–Trinajstić information content (AvgIpc) is 2.82. The third-order valence-corrected chi connectivity index (χ3v) is 4.97. The molecular weight excluding hydrogens is 352 g/mol. The predicted molar refractivity (Wildman–Crippen MR) is 81.8 cm³/mol. The zero-order valence-corrected chi connectivity index (χ0v) is 14.0. The highest BCUT2D eigenvalue weighted by Crippen LogP contribution is 2.25. The Morgan fingerprint density at radius 3 is 2.95 bits per heavy atom. The lowest BCUT2D eigenvalue weighted by molar-refractivity contribution is -0.126. The highest BCUT2D eigenvalue weighted by Gasteiger charge is 2.38. The van der Waals surface area contributed by atoms with Crippen LogP contribution in [-0.2, 0) is 18.4 Å². The molecule has 1 aliphatic carbocycles. The van der Waals surface area contributed by atoms with Crippen LogP contribution in [0.5, 0.6) is 0 Å². The molecule has 2 atom stereocenters. The van der Waals surface area contributed by atoms with Crippen LogP contribution in [0.3, 0.4) is 0 Å². The molecule has 1 aromatic rings. The average molecular weight is 371 g/mol. The van der Waals surface area contributed by atoms with E-state index in [2.05, 4.69) is 36.9 Å². The largest absolute Gasteiger partial charge is 0.350 e. The highest BCUT2D eigenvalue weighted by atomic mass is 79.9. The molecule has 1 aliphatic heterocycles. The van der Waals surface area contributed by atoms with E-state index in [1.54, 1.807) is 16.6 Å². The summed E-state index contributed by atoms with van der Waals surface area (Å²) in [6.07, 6.45) is 4.08. The minimum Gasteiger partial charge on any atom is -0.350 e. The molecular formula is C13H19BrN6O2. The van der Waals surface area contributed by atoms with Crippen LogP contribution >= 0.6 is 15.9 Å². The fraction of sp³-hybridized carbons (Fsp3) is 0.692. The van der Waals surface area contributed by atoms with Crippen molar-refractivity contribution in [2.24, 2.45) is 7.05 Å². The van der Waals surface area contributed by atoms with E-state index in [0.29, 0.717) is 11.1 Å². The van der Waals surface area contributed by atoms with Crippen LogP contribution in [0, 0.1) is 0 Å². The minimum absolute atomic E-state index is 0.0818. The normalized spacial score (nSPS) is 24.6. The van der Waals surface area contributed by atoms with Crippen LogP contribution in [0.1, 0.15) is 31.4 Å². The van der Waals surface area contributed by atoms with Crippen molar-refractivity contribution >= 4 is 27.9 Å². The molecule has 0 bridgehead atoms. The number of aryl methyl sites for hydroxylation is 1. The third-order valence-electron chi connectivity index (χ3n) is 4.35. The summed E-state index contributed by atoms with van der Waals surface area (Å²) in [7, 11) is 1.77. The van der Waals surface area contributed by atoms with Gasteiger partial charge in [-0.2, -0.15) is 0 Å². The maximum atomic E-state index is 12.5. The van der Waals surface area contributed by atoms with E-state index in [0.717, 1.165) is 31.4 Å². The summed E-state index contributed by atoms with van der Waals surface area (Å²) >= 11 is 3.30. The van der Waals surface area contributed by atoms with Gasteiger partial charge in [0.05, 0.1) is 18.3 Å². The first-order chi connectivity index (χ1) is 10.6. The first-order valence-corrected chi connectivity index (χ1v) is 8.23. The van der Waals surface area contributed by atoms with Crippen molar-refractivity contribution in [2.75, 3.05) is 6.54 Å². The Morgan fingerprint density at radius 1 is 1.45 bits per heavy atom. The Morgan fingerprint density at radius 2 is 2.23 bits per heavy atom. The Kier molecular flexibility index (Phi) is 4.32. The molecule has 3 rings (SSSR count). The number of amides is 3. The van der Waals surface area contributed by atoms with Crippen molar-refractivity contribution in [1.82, 2.24) is 30.5 Å². The van der Waals surface area contributed by atoms with Gasteiger partial charge < -0.3 is 15.5 Å². The number of aromatic nitrogens is 3. The predicted octanol–water partition coefficient (Wildman–Crippen LogP) is 0.530. The highest BCUT2D eigenvalue weighted by molar-refractivity contribution is 9.10. The van der Waals surface area contributed by atoms with Gasteiger partial charge >= 0.3 is 6.03 Å². The van der Waals surface area contributed by atoms with E-state index in [4.69, 9.17) is 0 Å². The fourth-order valence-corrected chi connectivity index (χ4v) is 3.67. The lowest BCUT2D eigenvalue weighted by atomic mass is 9.87. The molecule has 3 amide bonds. The van der Waals surface area contributed by atoms with E-state index >= 15 is 0 Å².